The van der Waals surface area contributed by atoms with Gasteiger partial charge < -0.3 is 4.74 Å². The summed E-state index contributed by atoms with van der Waals surface area (Å²) >= 11 is 0. The van der Waals surface area contributed by atoms with E-state index < -0.39 is 14.9 Å². The monoisotopic (exact) mass is 364 g/mol. The third kappa shape index (κ3) is 3.91. The number of rotatable bonds is 5. The maximum atomic E-state index is 12.6. The number of aromatic nitrogens is 2. The van der Waals surface area contributed by atoms with Crippen molar-refractivity contribution >= 4 is 15.7 Å². The second-order valence-electron chi connectivity index (χ2n) is 5.52. The Morgan fingerprint density at radius 2 is 1.84 bits per heavy atom. The van der Waals surface area contributed by atoms with Gasteiger partial charge in [-0.1, -0.05) is 0 Å². The first-order valence-corrected chi connectivity index (χ1v) is 9.08. The summed E-state index contributed by atoms with van der Waals surface area (Å²) in [6.45, 7) is 0.620. The standard InChI is InChI=1S/C15H16N4O5S/c20-19(21)12-1-3-14(4-2-12)25(22,23)18-9-5-13(6-10-18)24-15-11-16-7-8-17-15/h1-4,7-8,11,13H,5-6,9-10H2. The smallest absolute Gasteiger partial charge is 0.269 e. The Balaban J connectivity index is 1.64. The van der Waals surface area contributed by atoms with Crippen LogP contribution in [0.15, 0.2) is 47.8 Å². The number of hydrogen-bond donors (Lipinski definition) is 0. The van der Waals surface area contributed by atoms with E-state index in [-0.39, 0.29) is 16.7 Å². The van der Waals surface area contributed by atoms with Crippen LogP contribution in [0.2, 0.25) is 0 Å². The average Bonchev–Trinajstić information content (AvgIpc) is 2.63. The molecule has 1 saturated heterocycles. The number of nitro benzene ring substituents is 1. The number of nitro groups is 1. The van der Waals surface area contributed by atoms with Crippen LogP contribution in [0, 0.1) is 10.1 Å². The second kappa shape index (κ2) is 7.11. The van der Waals surface area contributed by atoms with Gasteiger partial charge >= 0.3 is 0 Å². The predicted octanol–water partition coefficient (Wildman–Crippen LogP) is 1.62. The summed E-state index contributed by atoms with van der Waals surface area (Å²) < 4.78 is 32.3. The molecule has 3 rings (SSSR count). The van der Waals surface area contributed by atoms with Crippen LogP contribution >= 0.6 is 0 Å². The normalized spacial score (nSPS) is 16.5. The average molecular weight is 364 g/mol. The summed E-state index contributed by atoms with van der Waals surface area (Å²) in [7, 11) is -3.67. The van der Waals surface area contributed by atoms with E-state index in [0.717, 1.165) is 0 Å². The highest BCUT2D eigenvalue weighted by atomic mass is 32.2. The quantitative estimate of drug-likeness (QED) is 0.584. The molecule has 2 aromatic rings. The van der Waals surface area contributed by atoms with E-state index in [9.17, 15) is 18.5 Å². The third-order valence-electron chi connectivity index (χ3n) is 3.91. The molecule has 0 aliphatic carbocycles. The third-order valence-corrected chi connectivity index (χ3v) is 5.83. The highest BCUT2D eigenvalue weighted by Gasteiger charge is 2.30. The molecule has 0 radical (unpaired) electrons. The minimum atomic E-state index is -3.67. The number of ether oxygens (including phenoxy) is 1. The van der Waals surface area contributed by atoms with Gasteiger partial charge in [-0.15, -0.1) is 0 Å². The number of hydrogen-bond acceptors (Lipinski definition) is 7. The number of sulfonamides is 1. The largest absolute Gasteiger partial charge is 0.473 e. The molecule has 9 nitrogen and oxygen atoms in total. The van der Waals surface area contributed by atoms with E-state index in [0.29, 0.717) is 31.8 Å². The molecule has 0 N–H and O–H groups in total. The van der Waals surface area contributed by atoms with E-state index in [1.54, 1.807) is 6.20 Å². The molecule has 25 heavy (non-hydrogen) atoms. The van der Waals surface area contributed by atoms with Crippen molar-refractivity contribution in [2.24, 2.45) is 0 Å². The lowest BCUT2D eigenvalue weighted by Crippen LogP contribution is -2.41. The summed E-state index contributed by atoms with van der Waals surface area (Å²) in [6.07, 6.45) is 5.53. The summed E-state index contributed by atoms with van der Waals surface area (Å²) in [6, 6.07) is 4.90. The van der Waals surface area contributed by atoms with Crippen molar-refractivity contribution in [3.05, 3.63) is 53.0 Å². The van der Waals surface area contributed by atoms with Gasteiger partial charge in [0.25, 0.3) is 5.69 Å². The van der Waals surface area contributed by atoms with Gasteiger partial charge in [0.2, 0.25) is 15.9 Å². The summed E-state index contributed by atoms with van der Waals surface area (Å²) in [4.78, 5) is 18.1. The SMILES string of the molecule is O=[N+]([O-])c1ccc(S(=O)(=O)N2CCC(Oc3cnccn3)CC2)cc1. The zero-order chi connectivity index (χ0) is 17.9. The lowest BCUT2D eigenvalue weighted by molar-refractivity contribution is -0.384. The van der Waals surface area contributed by atoms with E-state index >= 15 is 0 Å². The maximum Gasteiger partial charge on any atom is 0.269 e. The van der Waals surface area contributed by atoms with Crippen molar-refractivity contribution in [3.63, 3.8) is 0 Å². The van der Waals surface area contributed by atoms with Gasteiger partial charge in [0.05, 0.1) is 16.0 Å². The Hall–Kier alpha value is -2.59. The van der Waals surface area contributed by atoms with Gasteiger partial charge in [-0.3, -0.25) is 15.1 Å². The van der Waals surface area contributed by atoms with Crippen LogP contribution in [0.1, 0.15) is 12.8 Å². The minimum Gasteiger partial charge on any atom is -0.473 e. The van der Waals surface area contributed by atoms with E-state index in [4.69, 9.17) is 4.74 Å². The minimum absolute atomic E-state index is 0.0476. The van der Waals surface area contributed by atoms with Crippen molar-refractivity contribution in [1.29, 1.82) is 0 Å². The van der Waals surface area contributed by atoms with Crippen LogP contribution in [-0.4, -0.2) is 46.8 Å². The Kier molecular flexibility index (Phi) is 4.91. The number of benzene rings is 1. The topological polar surface area (TPSA) is 116 Å². The zero-order valence-corrected chi connectivity index (χ0v) is 14.0. The molecule has 0 bridgehead atoms. The van der Waals surface area contributed by atoms with Crippen LogP contribution in [0.4, 0.5) is 5.69 Å². The number of non-ortho nitro benzene ring substituents is 1. The Morgan fingerprint density at radius 1 is 1.16 bits per heavy atom. The van der Waals surface area contributed by atoms with E-state index in [2.05, 4.69) is 9.97 Å². The molecule has 1 aromatic heterocycles. The molecule has 1 fully saturated rings. The number of nitrogens with zero attached hydrogens (tertiary/aromatic N) is 4. The van der Waals surface area contributed by atoms with E-state index in [1.165, 1.54) is 41.0 Å². The zero-order valence-electron chi connectivity index (χ0n) is 13.2. The summed E-state index contributed by atoms with van der Waals surface area (Å²) in [5.41, 5.74) is -0.143. The molecule has 10 heteroatoms. The maximum absolute atomic E-state index is 12.6. The van der Waals surface area contributed by atoms with Gasteiger partial charge in [-0.25, -0.2) is 13.4 Å². The van der Waals surface area contributed by atoms with Crippen LogP contribution in [0.5, 0.6) is 5.88 Å². The van der Waals surface area contributed by atoms with Crippen LogP contribution in [-0.2, 0) is 10.0 Å². The first-order valence-electron chi connectivity index (χ1n) is 7.64. The molecule has 0 unspecified atom stereocenters. The lowest BCUT2D eigenvalue weighted by Gasteiger charge is -2.31. The predicted molar refractivity (Wildman–Crippen MR) is 87.5 cm³/mol. The van der Waals surface area contributed by atoms with Gasteiger partial charge in [0.1, 0.15) is 6.10 Å². The summed E-state index contributed by atoms with van der Waals surface area (Å²) in [5.74, 6) is 0.416. The first-order chi connectivity index (χ1) is 12.0. The van der Waals surface area contributed by atoms with Gasteiger partial charge in [-0.05, 0) is 25.0 Å². The molecule has 1 aliphatic heterocycles. The molecule has 1 aliphatic rings. The van der Waals surface area contributed by atoms with Crippen LogP contribution in [0.25, 0.3) is 0 Å². The molecule has 1 aromatic carbocycles. The van der Waals surface area contributed by atoms with Crippen LogP contribution in [0.3, 0.4) is 0 Å². The Bertz CT molecular complexity index is 834. The lowest BCUT2D eigenvalue weighted by atomic mass is 10.1. The highest BCUT2D eigenvalue weighted by molar-refractivity contribution is 7.89. The second-order valence-corrected chi connectivity index (χ2v) is 7.45. The van der Waals surface area contributed by atoms with Crippen molar-refractivity contribution in [2.45, 2.75) is 23.8 Å². The molecule has 0 spiro atoms. The Morgan fingerprint density at radius 3 is 2.40 bits per heavy atom. The van der Waals surface area contributed by atoms with Gasteiger partial charge in [0, 0.05) is 37.6 Å². The molecule has 132 valence electrons. The van der Waals surface area contributed by atoms with Gasteiger partial charge in [0.15, 0.2) is 0 Å². The van der Waals surface area contributed by atoms with Crippen molar-refractivity contribution in [2.75, 3.05) is 13.1 Å². The molecule has 0 saturated carbocycles. The van der Waals surface area contributed by atoms with Crippen molar-refractivity contribution < 1.29 is 18.1 Å². The summed E-state index contributed by atoms with van der Waals surface area (Å²) in [5, 5.41) is 10.7. The van der Waals surface area contributed by atoms with Crippen LogP contribution < -0.4 is 4.74 Å². The van der Waals surface area contributed by atoms with Crippen molar-refractivity contribution in [1.82, 2.24) is 14.3 Å². The molecule has 0 atom stereocenters. The fourth-order valence-corrected chi connectivity index (χ4v) is 4.07. The highest BCUT2D eigenvalue weighted by Crippen LogP contribution is 2.24. The fourth-order valence-electron chi connectivity index (χ4n) is 2.60. The van der Waals surface area contributed by atoms with Gasteiger partial charge in [-0.2, -0.15) is 4.31 Å². The molecule has 2 heterocycles. The van der Waals surface area contributed by atoms with E-state index in [1.807, 2.05) is 0 Å². The molecule has 0 amide bonds. The Labute approximate surface area is 144 Å². The van der Waals surface area contributed by atoms with Crippen molar-refractivity contribution in [3.8, 4) is 5.88 Å². The fraction of sp³-hybridized carbons (Fsp3) is 0.333. The molecular weight excluding hydrogens is 348 g/mol. The first kappa shape index (κ1) is 17.2. The molecular formula is C15H16N4O5S. The number of piperidine rings is 1.